The molecular weight excluding hydrogens is 228 g/mol. The van der Waals surface area contributed by atoms with E-state index in [9.17, 15) is 15.0 Å². The molecule has 0 aromatic rings. The van der Waals surface area contributed by atoms with Crippen molar-refractivity contribution in [2.24, 2.45) is 23.2 Å². The van der Waals surface area contributed by atoms with Crippen molar-refractivity contribution in [3.63, 3.8) is 0 Å². The molecule has 102 valence electrons. The highest BCUT2D eigenvalue weighted by Crippen LogP contribution is 2.56. The molecule has 3 nitrogen and oxygen atoms in total. The van der Waals surface area contributed by atoms with E-state index in [0.717, 1.165) is 51.4 Å². The number of fused-ring (bicyclic) bond motifs is 1. The van der Waals surface area contributed by atoms with Crippen molar-refractivity contribution in [1.82, 2.24) is 0 Å². The third-order valence-electron chi connectivity index (χ3n) is 5.81. The first kappa shape index (κ1) is 12.6. The molecule has 0 aliphatic heterocycles. The summed E-state index contributed by atoms with van der Waals surface area (Å²) in [5, 5.41) is 19.7. The average molecular weight is 252 g/mol. The molecule has 3 heteroatoms. The molecule has 18 heavy (non-hydrogen) atoms. The van der Waals surface area contributed by atoms with E-state index in [1.54, 1.807) is 0 Å². The van der Waals surface area contributed by atoms with E-state index in [-0.39, 0.29) is 35.9 Å². The average Bonchev–Trinajstić information content (AvgIpc) is 2.53. The van der Waals surface area contributed by atoms with Crippen molar-refractivity contribution in [3.8, 4) is 0 Å². The number of Topliss-reactive ketones (excluding diaryl/α,β-unsaturated/α-hetero) is 1. The van der Waals surface area contributed by atoms with E-state index in [0.29, 0.717) is 5.78 Å². The summed E-state index contributed by atoms with van der Waals surface area (Å²) >= 11 is 0. The second-order valence-electron chi connectivity index (χ2n) is 6.70. The topological polar surface area (TPSA) is 57.5 Å². The summed E-state index contributed by atoms with van der Waals surface area (Å²) in [7, 11) is 0. The fourth-order valence-corrected chi connectivity index (χ4v) is 4.88. The molecule has 3 fully saturated rings. The van der Waals surface area contributed by atoms with E-state index in [2.05, 4.69) is 0 Å². The molecule has 3 aliphatic carbocycles. The van der Waals surface area contributed by atoms with E-state index in [4.69, 9.17) is 0 Å². The largest absolute Gasteiger partial charge is 0.396 e. The van der Waals surface area contributed by atoms with Crippen LogP contribution < -0.4 is 0 Å². The standard InChI is InChI=1S/C15H24O3/c16-9-10-7-11-3-1-2-5-15(14(11)18)6-4-13(17)12(15)8-10/h10-13,16-17H,1-9H2/t10-,11-,12-,13+,15?/m1/s1. The zero-order chi connectivity index (χ0) is 12.8. The third kappa shape index (κ3) is 1.75. The Labute approximate surface area is 109 Å². The summed E-state index contributed by atoms with van der Waals surface area (Å²) in [6, 6.07) is 0. The number of ketones is 1. The Morgan fingerprint density at radius 2 is 2.00 bits per heavy atom. The zero-order valence-corrected chi connectivity index (χ0v) is 11.0. The van der Waals surface area contributed by atoms with Gasteiger partial charge in [0.1, 0.15) is 5.78 Å². The van der Waals surface area contributed by atoms with Gasteiger partial charge in [-0.1, -0.05) is 12.8 Å². The molecule has 2 bridgehead atoms. The molecule has 1 spiro atoms. The Morgan fingerprint density at radius 3 is 2.78 bits per heavy atom. The van der Waals surface area contributed by atoms with Crippen LogP contribution in [-0.2, 0) is 4.79 Å². The molecular formula is C15H24O3. The summed E-state index contributed by atoms with van der Waals surface area (Å²) in [5.41, 5.74) is -0.232. The number of carbonyl (C=O) groups excluding carboxylic acids is 1. The molecule has 2 N–H and O–H groups in total. The number of aliphatic hydroxyl groups is 2. The number of aliphatic hydroxyl groups excluding tert-OH is 2. The van der Waals surface area contributed by atoms with Crippen LogP contribution in [0, 0.1) is 23.2 Å². The smallest absolute Gasteiger partial charge is 0.142 e. The Kier molecular flexibility index (Phi) is 3.23. The van der Waals surface area contributed by atoms with Crippen LogP contribution in [0.2, 0.25) is 0 Å². The van der Waals surface area contributed by atoms with Crippen LogP contribution in [0.5, 0.6) is 0 Å². The Hall–Kier alpha value is -0.410. The van der Waals surface area contributed by atoms with Crippen LogP contribution in [0.15, 0.2) is 0 Å². The first-order chi connectivity index (χ1) is 8.67. The molecule has 0 heterocycles. The highest BCUT2D eigenvalue weighted by molar-refractivity contribution is 5.88. The lowest BCUT2D eigenvalue weighted by Gasteiger charge is -2.34. The molecule has 0 saturated heterocycles. The molecule has 0 radical (unpaired) electrons. The molecule has 3 saturated carbocycles. The van der Waals surface area contributed by atoms with Gasteiger partial charge >= 0.3 is 0 Å². The first-order valence-corrected chi connectivity index (χ1v) is 7.50. The van der Waals surface area contributed by atoms with Gasteiger partial charge in [-0.05, 0) is 50.4 Å². The number of hydrogen-bond donors (Lipinski definition) is 2. The van der Waals surface area contributed by atoms with Crippen LogP contribution in [0.3, 0.4) is 0 Å². The maximum absolute atomic E-state index is 12.9. The predicted molar refractivity (Wildman–Crippen MR) is 67.9 cm³/mol. The lowest BCUT2D eigenvalue weighted by molar-refractivity contribution is -0.135. The van der Waals surface area contributed by atoms with Gasteiger partial charge in [0.05, 0.1) is 6.10 Å². The number of hydrogen-bond acceptors (Lipinski definition) is 3. The first-order valence-electron chi connectivity index (χ1n) is 7.50. The molecule has 0 aromatic carbocycles. The highest BCUT2D eigenvalue weighted by Gasteiger charge is 2.56. The van der Waals surface area contributed by atoms with E-state index in [1.807, 2.05) is 0 Å². The van der Waals surface area contributed by atoms with Crippen LogP contribution >= 0.6 is 0 Å². The summed E-state index contributed by atoms with van der Waals surface area (Å²) in [6.07, 6.45) is 7.28. The predicted octanol–water partition coefficient (Wildman–Crippen LogP) is 1.91. The lowest BCUT2D eigenvalue weighted by atomic mass is 9.69. The van der Waals surface area contributed by atoms with Gasteiger partial charge < -0.3 is 10.2 Å². The Bertz CT molecular complexity index is 341. The normalized spacial score (nSPS) is 48.4. The fraction of sp³-hybridized carbons (Fsp3) is 0.933. The van der Waals surface area contributed by atoms with Gasteiger partial charge in [0.25, 0.3) is 0 Å². The van der Waals surface area contributed by atoms with E-state index >= 15 is 0 Å². The summed E-state index contributed by atoms with van der Waals surface area (Å²) in [6.45, 7) is 0.170. The molecule has 3 rings (SSSR count). The zero-order valence-electron chi connectivity index (χ0n) is 11.0. The van der Waals surface area contributed by atoms with Gasteiger partial charge in [0.15, 0.2) is 0 Å². The third-order valence-corrected chi connectivity index (χ3v) is 5.81. The second kappa shape index (κ2) is 4.61. The van der Waals surface area contributed by atoms with Crippen molar-refractivity contribution in [3.05, 3.63) is 0 Å². The molecule has 0 aromatic heterocycles. The van der Waals surface area contributed by atoms with Gasteiger partial charge in [0, 0.05) is 17.9 Å². The summed E-state index contributed by atoms with van der Waals surface area (Å²) < 4.78 is 0. The van der Waals surface area contributed by atoms with Gasteiger partial charge in [-0.2, -0.15) is 0 Å². The minimum Gasteiger partial charge on any atom is -0.396 e. The number of rotatable bonds is 1. The minimum atomic E-state index is -0.320. The summed E-state index contributed by atoms with van der Waals surface area (Å²) in [5.74, 6) is 0.916. The van der Waals surface area contributed by atoms with Crippen molar-refractivity contribution in [2.75, 3.05) is 6.61 Å². The quantitative estimate of drug-likeness (QED) is 0.749. The van der Waals surface area contributed by atoms with Gasteiger partial charge in [-0.3, -0.25) is 4.79 Å². The summed E-state index contributed by atoms with van der Waals surface area (Å²) in [4.78, 5) is 12.9. The van der Waals surface area contributed by atoms with Gasteiger partial charge in [-0.15, -0.1) is 0 Å². The van der Waals surface area contributed by atoms with Crippen LogP contribution in [0.1, 0.15) is 51.4 Å². The minimum absolute atomic E-state index is 0.116. The van der Waals surface area contributed by atoms with Crippen LogP contribution in [0.25, 0.3) is 0 Å². The van der Waals surface area contributed by atoms with Crippen molar-refractivity contribution in [1.29, 1.82) is 0 Å². The fourth-order valence-electron chi connectivity index (χ4n) is 4.88. The molecule has 1 unspecified atom stereocenters. The second-order valence-corrected chi connectivity index (χ2v) is 6.70. The van der Waals surface area contributed by atoms with E-state index < -0.39 is 0 Å². The van der Waals surface area contributed by atoms with Crippen LogP contribution in [0.4, 0.5) is 0 Å². The Balaban J connectivity index is 1.99. The van der Waals surface area contributed by atoms with E-state index in [1.165, 1.54) is 0 Å². The highest BCUT2D eigenvalue weighted by atomic mass is 16.3. The molecule has 5 atom stereocenters. The van der Waals surface area contributed by atoms with Crippen molar-refractivity contribution in [2.45, 2.75) is 57.5 Å². The van der Waals surface area contributed by atoms with Crippen LogP contribution in [-0.4, -0.2) is 28.7 Å². The monoisotopic (exact) mass is 252 g/mol. The van der Waals surface area contributed by atoms with Gasteiger partial charge in [-0.25, -0.2) is 0 Å². The lowest BCUT2D eigenvalue weighted by Crippen LogP contribution is -2.38. The Morgan fingerprint density at radius 1 is 1.17 bits per heavy atom. The van der Waals surface area contributed by atoms with Gasteiger partial charge in [0.2, 0.25) is 0 Å². The molecule has 0 amide bonds. The maximum Gasteiger partial charge on any atom is 0.142 e. The number of carbonyl (C=O) groups is 1. The van der Waals surface area contributed by atoms with Crippen molar-refractivity contribution < 1.29 is 15.0 Å². The van der Waals surface area contributed by atoms with Crippen molar-refractivity contribution >= 4 is 5.78 Å². The maximum atomic E-state index is 12.9. The SMILES string of the molecule is O=C1[C@@H]2CCCCC13CC[C@H](O)[C@H]3C[C@H](CO)C2. The molecule has 3 aliphatic rings.